The molecule has 0 saturated heterocycles. The molecule has 0 atom stereocenters. The van der Waals surface area contributed by atoms with Gasteiger partial charge in [-0.2, -0.15) is 0 Å². The molecule has 160 valence electrons. The highest BCUT2D eigenvalue weighted by atomic mass is 16.6. The van der Waals surface area contributed by atoms with Crippen LogP contribution in [-0.4, -0.2) is 46.5 Å². The number of unbranched alkanes of at least 4 members (excludes halogenated alkanes) is 2. The van der Waals surface area contributed by atoms with Crippen LogP contribution in [0.4, 0.5) is 5.69 Å². The number of carbonyl (C=O) groups is 4. The van der Waals surface area contributed by atoms with Crippen LogP contribution in [0.1, 0.15) is 56.8 Å². The fourth-order valence-electron chi connectivity index (χ4n) is 3.25. The molecule has 2 aromatic rings. The average molecular weight is 424 g/mol. The molecular formula is C22H20N2O7. The molecule has 1 aliphatic heterocycles. The summed E-state index contributed by atoms with van der Waals surface area (Å²) >= 11 is 0. The Balaban J connectivity index is 1.35. The molecule has 3 rings (SSSR count). The van der Waals surface area contributed by atoms with Gasteiger partial charge in [0.15, 0.2) is 6.61 Å². The number of hydrogen-bond acceptors (Lipinski definition) is 7. The van der Waals surface area contributed by atoms with Crippen molar-refractivity contribution in [3.8, 4) is 0 Å². The Kier molecular flexibility index (Phi) is 6.86. The second-order valence-corrected chi connectivity index (χ2v) is 7.01. The van der Waals surface area contributed by atoms with E-state index in [0.717, 1.165) is 6.07 Å². The van der Waals surface area contributed by atoms with Crippen molar-refractivity contribution in [3.05, 3.63) is 75.3 Å². The third-order valence-corrected chi connectivity index (χ3v) is 4.88. The third-order valence-electron chi connectivity index (χ3n) is 4.88. The molecule has 9 nitrogen and oxygen atoms in total. The first kappa shape index (κ1) is 21.8. The number of benzene rings is 2. The van der Waals surface area contributed by atoms with Crippen LogP contribution < -0.4 is 0 Å². The molecule has 0 radical (unpaired) electrons. The Morgan fingerprint density at radius 1 is 0.935 bits per heavy atom. The molecule has 2 aromatic carbocycles. The predicted octanol–water partition coefficient (Wildman–Crippen LogP) is 3.18. The third kappa shape index (κ3) is 5.19. The number of imide groups is 1. The molecule has 0 N–H and O–H groups in total. The van der Waals surface area contributed by atoms with Crippen LogP contribution in [0.2, 0.25) is 0 Å². The van der Waals surface area contributed by atoms with Crippen LogP contribution in [0.25, 0.3) is 0 Å². The number of carbonyl (C=O) groups excluding carboxylic acids is 4. The molecule has 0 fully saturated rings. The van der Waals surface area contributed by atoms with Gasteiger partial charge in [-0.25, -0.2) is 0 Å². The molecule has 0 unspecified atom stereocenters. The highest BCUT2D eigenvalue weighted by Crippen LogP contribution is 2.22. The second kappa shape index (κ2) is 9.75. The molecule has 0 spiro atoms. The summed E-state index contributed by atoms with van der Waals surface area (Å²) in [6, 6.07) is 11.9. The Morgan fingerprint density at radius 2 is 1.61 bits per heavy atom. The minimum atomic E-state index is -0.606. The zero-order valence-electron chi connectivity index (χ0n) is 16.6. The van der Waals surface area contributed by atoms with Crippen molar-refractivity contribution in [1.29, 1.82) is 0 Å². The van der Waals surface area contributed by atoms with E-state index in [0.29, 0.717) is 30.4 Å². The summed E-state index contributed by atoms with van der Waals surface area (Å²) < 4.78 is 4.94. The lowest BCUT2D eigenvalue weighted by Crippen LogP contribution is -2.30. The van der Waals surface area contributed by atoms with Crippen molar-refractivity contribution < 1.29 is 28.8 Å². The van der Waals surface area contributed by atoms with Crippen molar-refractivity contribution in [2.45, 2.75) is 25.7 Å². The minimum Gasteiger partial charge on any atom is -0.457 e. The maximum Gasteiger partial charge on any atom is 0.306 e. The summed E-state index contributed by atoms with van der Waals surface area (Å²) in [6.45, 7) is -0.221. The number of nitro benzene ring substituents is 1. The molecule has 0 aromatic heterocycles. The lowest BCUT2D eigenvalue weighted by molar-refractivity contribution is -0.384. The first-order chi connectivity index (χ1) is 14.9. The van der Waals surface area contributed by atoms with E-state index in [1.165, 1.54) is 23.1 Å². The Morgan fingerprint density at radius 3 is 2.26 bits per heavy atom. The number of rotatable bonds is 10. The quantitative estimate of drug-likeness (QED) is 0.143. The molecule has 0 saturated carbocycles. The van der Waals surface area contributed by atoms with E-state index in [4.69, 9.17) is 4.74 Å². The van der Waals surface area contributed by atoms with Crippen molar-refractivity contribution in [2.24, 2.45) is 0 Å². The first-order valence-electron chi connectivity index (χ1n) is 9.77. The van der Waals surface area contributed by atoms with Gasteiger partial charge in [0.25, 0.3) is 17.5 Å². The molecule has 2 amide bonds. The number of ether oxygens (including phenoxy) is 1. The summed E-state index contributed by atoms with van der Waals surface area (Å²) in [7, 11) is 0. The monoisotopic (exact) mass is 424 g/mol. The fourth-order valence-corrected chi connectivity index (χ4v) is 3.25. The summed E-state index contributed by atoms with van der Waals surface area (Å²) in [5.41, 5.74) is 0.701. The van der Waals surface area contributed by atoms with Gasteiger partial charge in [-0.15, -0.1) is 0 Å². The number of non-ortho nitro benzene ring substituents is 1. The maximum atomic E-state index is 12.3. The van der Waals surface area contributed by atoms with Crippen molar-refractivity contribution >= 4 is 29.3 Å². The van der Waals surface area contributed by atoms with Crippen LogP contribution in [0, 0.1) is 10.1 Å². The van der Waals surface area contributed by atoms with Crippen LogP contribution >= 0.6 is 0 Å². The molecule has 0 bridgehead atoms. The minimum absolute atomic E-state index is 0.0876. The number of nitrogens with zero attached hydrogens (tertiary/aromatic N) is 2. The number of esters is 1. The Labute approximate surface area is 177 Å². The number of Topliss-reactive ketones (excluding diaryl/α,β-unsaturated/α-hetero) is 1. The molecule has 1 aliphatic rings. The molecular weight excluding hydrogens is 404 g/mol. The zero-order valence-corrected chi connectivity index (χ0v) is 16.6. The van der Waals surface area contributed by atoms with E-state index >= 15 is 0 Å². The standard InChI is InChI=1S/C22H20N2O7/c25-19(15-7-6-8-16(13-15)24(29)30)14-31-20(26)11-2-1-5-12-23-21(27)17-9-3-4-10-18(17)22(23)28/h3-4,6-10,13H,1-2,5,11-12,14H2. The number of hydrogen-bond donors (Lipinski definition) is 0. The van der Waals surface area contributed by atoms with E-state index in [-0.39, 0.29) is 36.0 Å². The first-order valence-corrected chi connectivity index (χ1v) is 9.77. The van der Waals surface area contributed by atoms with E-state index in [1.54, 1.807) is 24.3 Å². The number of fused-ring (bicyclic) bond motifs is 1. The van der Waals surface area contributed by atoms with Gasteiger partial charge in [-0.05, 0) is 25.0 Å². The normalized spacial score (nSPS) is 12.6. The van der Waals surface area contributed by atoms with Gasteiger partial charge in [0, 0.05) is 30.7 Å². The summed E-state index contributed by atoms with van der Waals surface area (Å²) in [5.74, 6) is -1.69. The van der Waals surface area contributed by atoms with Crippen molar-refractivity contribution in [1.82, 2.24) is 4.90 Å². The topological polar surface area (TPSA) is 124 Å². The molecule has 9 heteroatoms. The van der Waals surface area contributed by atoms with Crippen molar-refractivity contribution in [3.63, 3.8) is 0 Å². The second-order valence-electron chi connectivity index (χ2n) is 7.01. The number of amides is 2. The van der Waals surface area contributed by atoms with Crippen LogP contribution in [-0.2, 0) is 9.53 Å². The Hall–Kier alpha value is -3.88. The van der Waals surface area contributed by atoms with Crippen LogP contribution in [0.3, 0.4) is 0 Å². The van der Waals surface area contributed by atoms with E-state index in [1.807, 2.05) is 0 Å². The van der Waals surface area contributed by atoms with Gasteiger partial charge in [0.1, 0.15) is 0 Å². The highest BCUT2D eigenvalue weighted by molar-refractivity contribution is 6.21. The zero-order chi connectivity index (χ0) is 22.4. The highest BCUT2D eigenvalue weighted by Gasteiger charge is 2.34. The van der Waals surface area contributed by atoms with Crippen molar-refractivity contribution in [2.75, 3.05) is 13.2 Å². The lowest BCUT2D eigenvalue weighted by Gasteiger charge is -2.13. The Bertz CT molecular complexity index is 1010. The number of nitro groups is 1. The molecule has 1 heterocycles. The summed E-state index contributed by atoms with van der Waals surface area (Å²) in [6.07, 6.45) is 1.71. The number of ketones is 1. The van der Waals surface area contributed by atoms with Gasteiger partial charge in [0.2, 0.25) is 5.78 Å². The van der Waals surface area contributed by atoms with Crippen LogP contribution in [0.5, 0.6) is 0 Å². The van der Waals surface area contributed by atoms with E-state index in [9.17, 15) is 29.3 Å². The van der Waals surface area contributed by atoms with Crippen LogP contribution in [0.15, 0.2) is 48.5 Å². The fraction of sp³-hybridized carbons (Fsp3) is 0.273. The van der Waals surface area contributed by atoms with Gasteiger partial charge in [-0.3, -0.25) is 34.2 Å². The summed E-state index contributed by atoms with van der Waals surface area (Å²) in [4.78, 5) is 59.8. The van der Waals surface area contributed by atoms with E-state index in [2.05, 4.69) is 0 Å². The maximum absolute atomic E-state index is 12.3. The summed E-state index contributed by atoms with van der Waals surface area (Å²) in [5, 5.41) is 10.8. The largest absolute Gasteiger partial charge is 0.457 e. The predicted molar refractivity (Wildman–Crippen MR) is 109 cm³/mol. The SMILES string of the molecule is O=C(CCCCCN1C(=O)c2ccccc2C1=O)OCC(=O)c1cccc([N+](=O)[O-])c1. The van der Waals surface area contributed by atoms with Gasteiger partial charge in [-0.1, -0.05) is 30.7 Å². The smallest absolute Gasteiger partial charge is 0.306 e. The van der Waals surface area contributed by atoms with Gasteiger partial charge in [0.05, 0.1) is 16.1 Å². The van der Waals surface area contributed by atoms with E-state index < -0.39 is 23.3 Å². The van der Waals surface area contributed by atoms with Gasteiger partial charge >= 0.3 is 5.97 Å². The molecule has 0 aliphatic carbocycles. The lowest BCUT2D eigenvalue weighted by atomic mass is 10.1. The average Bonchev–Trinajstić information content (AvgIpc) is 3.02. The molecule has 31 heavy (non-hydrogen) atoms. The van der Waals surface area contributed by atoms with Gasteiger partial charge < -0.3 is 4.74 Å².